The average Bonchev–Trinajstić information content (AvgIpc) is 3.35. The van der Waals surface area contributed by atoms with Crippen molar-refractivity contribution in [3.63, 3.8) is 0 Å². The lowest BCUT2D eigenvalue weighted by atomic mass is 9.92. The third-order valence-electron chi connectivity index (χ3n) is 6.88. The Morgan fingerprint density at radius 1 is 1.18 bits per heavy atom. The molecule has 0 unspecified atom stereocenters. The van der Waals surface area contributed by atoms with Crippen LogP contribution in [-0.2, 0) is 9.53 Å². The number of anilines is 1. The molecule has 2 aromatic heterocycles. The summed E-state index contributed by atoms with van der Waals surface area (Å²) in [5.74, 6) is 0. The molecule has 11 heteroatoms. The summed E-state index contributed by atoms with van der Waals surface area (Å²) in [5, 5.41) is 13.7. The maximum atomic E-state index is 13.1. The molecule has 1 spiro atoms. The van der Waals surface area contributed by atoms with Crippen LogP contribution in [0.5, 0.6) is 0 Å². The summed E-state index contributed by atoms with van der Waals surface area (Å²) in [6, 6.07) is 15.1. The van der Waals surface area contributed by atoms with E-state index in [0.29, 0.717) is 49.2 Å². The van der Waals surface area contributed by atoms with Gasteiger partial charge in [0.05, 0.1) is 54.0 Å². The highest BCUT2D eigenvalue weighted by Crippen LogP contribution is 2.40. The van der Waals surface area contributed by atoms with Crippen LogP contribution in [-0.4, -0.2) is 75.6 Å². The van der Waals surface area contributed by atoms with Gasteiger partial charge >= 0.3 is 6.03 Å². The van der Waals surface area contributed by atoms with E-state index in [1.165, 1.54) is 11.3 Å². The van der Waals surface area contributed by atoms with Gasteiger partial charge in [-0.1, -0.05) is 29.5 Å². The number of nitrogens with one attached hydrogen (secondary N) is 1. The van der Waals surface area contributed by atoms with Crippen molar-refractivity contribution in [2.24, 2.45) is 0 Å². The molecule has 2 saturated heterocycles. The number of morpholine rings is 1. The molecule has 4 heterocycles. The largest absolute Gasteiger partial charge is 0.368 e. The maximum Gasteiger partial charge on any atom is 0.323 e. The van der Waals surface area contributed by atoms with Crippen LogP contribution in [0.4, 0.5) is 9.93 Å². The van der Waals surface area contributed by atoms with Crippen molar-refractivity contribution in [3.05, 3.63) is 60.0 Å². The first-order valence-corrected chi connectivity index (χ1v) is 12.9. The van der Waals surface area contributed by atoms with Gasteiger partial charge in [-0.2, -0.15) is 5.26 Å². The Morgan fingerprint density at radius 2 is 2.05 bits per heavy atom. The molecule has 0 atom stereocenters. The fourth-order valence-corrected chi connectivity index (χ4v) is 5.92. The zero-order valence-corrected chi connectivity index (χ0v) is 21.4. The molecular formula is C27H23N7O3S. The van der Waals surface area contributed by atoms with Crippen LogP contribution < -0.4 is 5.32 Å². The number of hydrogen-bond donors (Lipinski definition) is 1. The van der Waals surface area contributed by atoms with E-state index in [2.05, 4.69) is 21.4 Å². The molecule has 2 fully saturated rings. The zero-order chi connectivity index (χ0) is 26.3. The molecule has 4 aromatic rings. The molecule has 6 rings (SSSR count). The smallest absolute Gasteiger partial charge is 0.323 e. The fraction of sp³-hybridized carbons (Fsp3) is 0.259. The van der Waals surface area contributed by atoms with Gasteiger partial charge in [-0.15, -0.1) is 0 Å². The molecule has 38 heavy (non-hydrogen) atoms. The highest BCUT2D eigenvalue weighted by molar-refractivity contribution is 7.19. The van der Waals surface area contributed by atoms with Crippen molar-refractivity contribution in [2.45, 2.75) is 12.5 Å². The van der Waals surface area contributed by atoms with Crippen LogP contribution in [0.25, 0.3) is 32.6 Å². The lowest BCUT2D eigenvalue weighted by molar-refractivity contribution is -0.172. The number of nitriles is 1. The monoisotopic (exact) mass is 525 g/mol. The minimum atomic E-state index is -0.502. The Labute approximate surface area is 222 Å². The summed E-state index contributed by atoms with van der Waals surface area (Å²) >= 11 is 1.37. The van der Waals surface area contributed by atoms with Gasteiger partial charge in [0, 0.05) is 23.2 Å². The molecule has 0 radical (unpaired) electrons. The molecular weight excluding hydrogens is 502 g/mol. The second kappa shape index (κ2) is 9.48. The number of aryl methyl sites for hydroxylation is 1. The molecule has 0 bridgehead atoms. The van der Waals surface area contributed by atoms with E-state index in [9.17, 15) is 14.9 Å². The number of ether oxygens (including phenoxy) is 1. The summed E-state index contributed by atoms with van der Waals surface area (Å²) in [5.41, 5.74) is 4.11. The summed E-state index contributed by atoms with van der Waals surface area (Å²) < 4.78 is 5.90. The molecule has 0 saturated carbocycles. The summed E-state index contributed by atoms with van der Waals surface area (Å²) in [6.07, 6.45) is 2.37. The van der Waals surface area contributed by atoms with Crippen molar-refractivity contribution in [1.82, 2.24) is 24.8 Å². The van der Waals surface area contributed by atoms with Crippen molar-refractivity contribution in [1.29, 1.82) is 5.26 Å². The Bertz CT molecular complexity index is 1610. The number of nitrogens with zero attached hydrogens (tertiary/aromatic N) is 6. The number of amides is 3. The van der Waals surface area contributed by atoms with Gasteiger partial charge in [-0.3, -0.25) is 10.1 Å². The van der Waals surface area contributed by atoms with E-state index in [-0.39, 0.29) is 6.03 Å². The Balaban J connectivity index is 1.31. The van der Waals surface area contributed by atoms with Crippen LogP contribution in [0.3, 0.4) is 0 Å². The lowest BCUT2D eigenvalue weighted by Crippen LogP contribution is -2.71. The summed E-state index contributed by atoms with van der Waals surface area (Å²) in [6.45, 7) is 4.26. The minimum Gasteiger partial charge on any atom is -0.368 e. The standard InChI is InChI=1S/C27H23N7O3S/c1-17-21-10-20(5-6-22(21)30-15-29-17)24-23(19-4-2-3-18(9-19)11-28)31-25(38-24)32-26(36)34-13-27(14-34)12-33(16-35)7-8-37-27/h2-6,9-10,15-16H,7-8,12-14H2,1H3,(H,31,32,36). The van der Waals surface area contributed by atoms with E-state index in [0.717, 1.165) is 39.0 Å². The van der Waals surface area contributed by atoms with E-state index in [1.807, 2.05) is 37.3 Å². The topological polar surface area (TPSA) is 124 Å². The molecule has 0 aliphatic carbocycles. The first-order valence-electron chi connectivity index (χ1n) is 12.1. The Morgan fingerprint density at radius 3 is 2.87 bits per heavy atom. The van der Waals surface area contributed by atoms with Gasteiger partial charge in [0.15, 0.2) is 5.13 Å². The Hall–Kier alpha value is -4.40. The third kappa shape index (κ3) is 4.34. The number of aromatic nitrogens is 3. The zero-order valence-electron chi connectivity index (χ0n) is 20.5. The summed E-state index contributed by atoms with van der Waals surface area (Å²) in [7, 11) is 0. The molecule has 190 valence electrons. The highest BCUT2D eigenvalue weighted by atomic mass is 32.1. The average molecular weight is 526 g/mol. The van der Waals surface area contributed by atoms with Gasteiger partial charge in [0.25, 0.3) is 0 Å². The van der Waals surface area contributed by atoms with Crippen molar-refractivity contribution >= 4 is 39.8 Å². The number of likely N-dealkylation sites (tertiary alicyclic amines) is 1. The van der Waals surface area contributed by atoms with Gasteiger partial charge in [-0.05, 0) is 36.8 Å². The van der Waals surface area contributed by atoms with Crippen molar-refractivity contribution < 1.29 is 14.3 Å². The number of urea groups is 1. The van der Waals surface area contributed by atoms with Gasteiger partial charge in [0.2, 0.25) is 6.41 Å². The van der Waals surface area contributed by atoms with E-state index in [1.54, 1.807) is 28.3 Å². The van der Waals surface area contributed by atoms with Crippen LogP contribution >= 0.6 is 11.3 Å². The molecule has 1 N–H and O–H groups in total. The predicted molar refractivity (Wildman–Crippen MR) is 142 cm³/mol. The second-order valence-electron chi connectivity index (χ2n) is 9.47. The lowest BCUT2D eigenvalue weighted by Gasteiger charge is -2.52. The number of carbonyl (C=O) groups excluding carboxylic acids is 2. The number of benzene rings is 2. The quantitative estimate of drug-likeness (QED) is 0.403. The van der Waals surface area contributed by atoms with Crippen LogP contribution in [0.2, 0.25) is 0 Å². The van der Waals surface area contributed by atoms with Crippen LogP contribution in [0.15, 0.2) is 48.8 Å². The number of carbonyl (C=O) groups is 2. The fourth-order valence-electron chi connectivity index (χ4n) is 4.95. The summed E-state index contributed by atoms with van der Waals surface area (Å²) in [4.78, 5) is 41.9. The third-order valence-corrected chi connectivity index (χ3v) is 7.90. The van der Waals surface area contributed by atoms with Gasteiger partial charge < -0.3 is 14.5 Å². The Kier molecular flexibility index (Phi) is 5.98. The van der Waals surface area contributed by atoms with Crippen molar-refractivity contribution in [3.8, 4) is 27.8 Å². The van der Waals surface area contributed by atoms with Crippen LogP contribution in [0.1, 0.15) is 11.3 Å². The van der Waals surface area contributed by atoms with Gasteiger partial charge in [0.1, 0.15) is 11.9 Å². The van der Waals surface area contributed by atoms with E-state index in [4.69, 9.17) is 9.72 Å². The number of rotatable bonds is 4. The molecule has 2 aliphatic rings. The molecule has 3 amide bonds. The normalized spacial score (nSPS) is 16.2. The van der Waals surface area contributed by atoms with E-state index >= 15 is 0 Å². The molecule has 10 nitrogen and oxygen atoms in total. The maximum absolute atomic E-state index is 13.1. The second-order valence-corrected chi connectivity index (χ2v) is 10.5. The van der Waals surface area contributed by atoms with Crippen molar-refractivity contribution in [2.75, 3.05) is 38.1 Å². The first kappa shape index (κ1) is 24.0. The number of hydrogen-bond acceptors (Lipinski definition) is 8. The minimum absolute atomic E-state index is 0.275. The van der Waals surface area contributed by atoms with E-state index < -0.39 is 5.60 Å². The predicted octanol–water partition coefficient (Wildman–Crippen LogP) is 3.68. The number of fused-ring (bicyclic) bond motifs is 1. The highest BCUT2D eigenvalue weighted by Gasteiger charge is 2.49. The molecule has 2 aliphatic heterocycles. The van der Waals surface area contributed by atoms with Crippen LogP contribution in [0, 0.1) is 18.3 Å². The number of thiazole rings is 1. The first-order chi connectivity index (χ1) is 18.5. The SMILES string of the molecule is Cc1ncnc2ccc(-c3sc(NC(=O)N4CC5(CN(C=O)CCO5)C4)nc3-c3cccc(C#N)c3)cc12. The van der Waals surface area contributed by atoms with Gasteiger partial charge in [-0.25, -0.2) is 19.7 Å². The molecule has 2 aromatic carbocycles.